The van der Waals surface area contributed by atoms with Gasteiger partial charge in [-0.05, 0) is 111 Å². The lowest BCUT2D eigenvalue weighted by Gasteiger charge is -2.61. The van der Waals surface area contributed by atoms with Gasteiger partial charge in [-0.15, -0.1) is 0 Å². The van der Waals surface area contributed by atoms with Crippen LogP contribution in [0.4, 0.5) is 0 Å². The minimum Gasteiger partial charge on any atom is -0.300 e. The Kier molecular flexibility index (Phi) is 5.06. The Hall–Kier alpha value is -0.330. The molecule has 0 amide bonds. The second-order valence-corrected chi connectivity index (χ2v) is 11.3. The van der Waals surface area contributed by atoms with Crippen molar-refractivity contribution in [1.82, 2.24) is 0 Å². The molecule has 4 unspecified atom stereocenters. The van der Waals surface area contributed by atoms with Gasteiger partial charge in [-0.2, -0.15) is 0 Å². The van der Waals surface area contributed by atoms with E-state index in [2.05, 4.69) is 20.8 Å². The van der Waals surface area contributed by atoms with Crippen LogP contribution in [-0.4, -0.2) is 5.78 Å². The quantitative estimate of drug-likeness (QED) is 0.526. The number of ketones is 1. The minimum atomic E-state index is 0.379. The van der Waals surface area contributed by atoms with E-state index in [-0.39, 0.29) is 0 Å². The van der Waals surface area contributed by atoms with E-state index in [0.717, 1.165) is 48.3 Å². The van der Waals surface area contributed by atoms with Crippen molar-refractivity contribution >= 4 is 5.78 Å². The van der Waals surface area contributed by atoms with Crippen molar-refractivity contribution < 1.29 is 4.79 Å². The van der Waals surface area contributed by atoms with Gasteiger partial charge >= 0.3 is 0 Å². The first-order valence-electron chi connectivity index (χ1n) is 11.9. The van der Waals surface area contributed by atoms with Crippen LogP contribution in [0.5, 0.6) is 0 Å². The number of rotatable bonds is 4. The van der Waals surface area contributed by atoms with Crippen LogP contribution < -0.4 is 0 Å². The summed E-state index contributed by atoms with van der Waals surface area (Å²) in [5.41, 5.74) is 1.23. The van der Waals surface area contributed by atoms with Crippen molar-refractivity contribution in [2.24, 2.45) is 46.3 Å². The molecule has 1 nitrogen and oxygen atoms in total. The van der Waals surface area contributed by atoms with E-state index in [9.17, 15) is 4.79 Å². The summed E-state index contributed by atoms with van der Waals surface area (Å²) in [6, 6.07) is 0. The van der Waals surface area contributed by atoms with Gasteiger partial charge in [-0.1, -0.05) is 33.6 Å². The molecule has 4 saturated carbocycles. The van der Waals surface area contributed by atoms with E-state index in [1.165, 1.54) is 64.2 Å². The highest BCUT2D eigenvalue weighted by Crippen LogP contribution is 2.68. The molecule has 0 bridgehead atoms. The maximum Gasteiger partial charge on any atom is 0.129 e. The van der Waals surface area contributed by atoms with Crippen molar-refractivity contribution in [3.63, 3.8) is 0 Å². The fourth-order valence-electron chi connectivity index (χ4n) is 8.90. The third-order valence-electron chi connectivity index (χ3n) is 10.3. The average Bonchev–Trinajstić information content (AvgIpc) is 2.96. The van der Waals surface area contributed by atoms with Gasteiger partial charge in [-0.25, -0.2) is 0 Å². The van der Waals surface area contributed by atoms with Gasteiger partial charge in [0, 0.05) is 6.42 Å². The van der Waals surface area contributed by atoms with Crippen LogP contribution >= 0.6 is 0 Å². The summed E-state index contributed by atoms with van der Waals surface area (Å²) < 4.78 is 0. The Bertz CT molecular complexity index is 538. The minimum absolute atomic E-state index is 0.379. The molecule has 4 rings (SSSR count). The maximum atomic E-state index is 11.5. The molecule has 0 spiro atoms. The number of Topliss-reactive ketones (excluding diaryl/α,β-unsaturated/α-hetero) is 1. The molecule has 0 radical (unpaired) electrons. The first-order valence-corrected chi connectivity index (χ1v) is 11.9. The summed E-state index contributed by atoms with van der Waals surface area (Å²) >= 11 is 0. The normalized spacial score (nSPS) is 49.0. The number of carbonyl (C=O) groups excluding carboxylic acids is 1. The summed E-state index contributed by atoms with van der Waals surface area (Å²) in [5.74, 6) is 6.02. The molecule has 0 saturated heterocycles. The molecule has 0 N–H and O–H groups in total. The Labute approximate surface area is 162 Å². The van der Waals surface area contributed by atoms with Gasteiger partial charge < -0.3 is 4.79 Å². The second-order valence-electron chi connectivity index (χ2n) is 11.3. The lowest BCUT2D eigenvalue weighted by Crippen LogP contribution is -2.53. The summed E-state index contributed by atoms with van der Waals surface area (Å²) in [5, 5.41) is 0. The average molecular weight is 359 g/mol. The van der Waals surface area contributed by atoms with Crippen molar-refractivity contribution in [1.29, 1.82) is 0 Å². The monoisotopic (exact) mass is 358 g/mol. The highest BCUT2D eigenvalue weighted by atomic mass is 16.1. The van der Waals surface area contributed by atoms with Crippen LogP contribution in [0.2, 0.25) is 0 Å². The van der Waals surface area contributed by atoms with E-state index >= 15 is 0 Å². The fourth-order valence-corrected chi connectivity index (χ4v) is 8.90. The Morgan fingerprint density at radius 1 is 0.923 bits per heavy atom. The van der Waals surface area contributed by atoms with Crippen LogP contribution in [0.3, 0.4) is 0 Å². The molecular formula is C25H42O. The van der Waals surface area contributed by atoms with Gasteiger partial charge in [0.05, 0.1) is 0 Å². The Morgan fingerprint density at radius 3 is 2.46 bits per heavy atom. The molecule has 148 valence electrons. The molecule has 1 heteroatoms. The van der Waals surface area contributed by atoms with Gasteiger partial charge in [0.15, 0.2) is 0 Å². The van der Waals surface area contributed by atoms with Gasteiger partial charge in [0.25, 0.3) is 0 Å². The Morgan fingerprint density at radius 2 is 1.69 bits per heavy atom. The summed E-state index contributed by atoms with van der Waals surface area (Å²) in [7, 11) is 0. The molecule has 26 heavy (non-hydrogen) atoms. The number of hydrogen-bond donors (Lipinski definition) is 0. The van der Waals surface area contributed by atoms with Crippen molar-refractivity contribution in [3.8, 4) is 0 Å². The predicted molar refractivity (Wildman–Crippen MR) is 109 cm³/mol. The van der Waals surface area contributed by atoms with E-state index in [1.54, 1.807) is 6.92 Å². The van der Waals surface area contributed by atoms with Crippen LogP contribution in [0.25, 0.3) is 0 Å². The lowest BCUT2D eigenvalue weighted by atomic mass is 9.44. The topological polar surface area (TPSA) is 17.1 Å². The van der Waals surface area contributed by atoms with Crippen molar-refractivity contribution in [2.45, 2.75) is 105 Å². The summed E-state index contributed by atoms with van der Waals surface area (Å²) in [4.78, 5) is 11.5. The third-order valence-corrected chi connectivity index (χ3v) is 10.3. The zero-order valence-electron chi connectivity index (χ0n) is 17.9. The second kappa shape index (κ2) is 6.93. The molecule has 4 aliphatic rings. The first-order chi connectivity index (χ1) is 12.4. The van der Waals surface area contributed by atoms with Crippen LogP contribution in [0, 0.1) is 46.3 Å². The molecule has 0 aliphatic heterocycles. The van der Waals surface area contributed by atoms with Gasteiger partial charge in [-0.3, -0.25) is 0 Å². The molecule has 0 aromatic heterocycles. The van der Waals surface area contributed by atoms with Crippen molar-refractivity contribution in [3.05, 3.63) is 0 Å². The molecule has 0 aromatic carbocycles. The third kappa shape index (κ3) is 2.91. The summed E-state index contributed by atoms with van der Waals surface area (Å²) in [6.07, 6.45) is 16.9. The SMILES string of the molecule is CC(=O)CC[C@@H](C)[C@H]1CCC2C3CCC4CCCC[C@]4(C)C3CC[C@@]21C. The molecule has 4 fully saturated rings. The number of fused-ring (bicyclic) bond motifs is 5. The molecule has 4 aliphatic carbocycles. The van der Waals surface area contributed by atoms with E-state index in [0.29, 0.717) is 16.6 Å². The number of carbonyl (C=O) groups is 1. The highest BCUT2D eigenvalue weighted by Gasteiger charge is 2.59. The molecule has 0 aromatic rings. The fraction of sp³-hybridized carbons (Fsp3) is 0.960. The van der Waals surface area contributed by atoms with E-state index in [4.69, 9.17) is 0 Å². The van der Waals surface area contributed by atoms with Crippen molar-refractivity contribution in [2.75, 3.05) is 0 Å². The van der Waals surface area contributed by atoms with E-state index in [1.807, 2.05) is 0 Å². The molecular weight excluding hydrogens is 316 g/mol. The predicted octanol–water partition coefficient (Wildman–Crippen LogP) is 7.04. The largest absolute Gasteiger partial charge is 0.300 e. The van der Waals surface area contributed by atoms with Gasteiger partial charge in [0.2, 0.25) is 0 Å². The smallest absolute Gasteiger partial charge is 0.129 e. The number of hydrogen-bond acceptors (Lipinski definition) is 1. The van der Waals surface area contributed by atoms with Crippen LogP contribution in [0.1, 0.15) is 105 Å². The van der Waals surface area contributed by atoms with E-state index < -0.39 is 0 Å². The maximum absolute atomic E-state index is 11.5. The lowest BCUT2D eigenvalue weighted by molar-refractivity contribution is -0.119. The molecule has 8 atom stereocenters. The Balaban J connectivity index is 1.52. The highest BCUT2D eigenvalue weighted by molar-refractivity contribution is 5.75. The van der Waals surface area contributed by atoms with Crippen LogP contribution in [0.15, 0.2) is 0 Å². The first kappa shape index (κ1) is 19.0. The van der Waals surface area contributed by atoms with Crippen LogP contribution in [-0.2, 0) is 4.79 Å². The molecule has 0 heterocycles. The summed E-state index contributed by atoms with van der Waals surface area (Å²) in [6.45, 7) is 9.57. The zero-order valence-corrected chi connectivity index (χ0v) is 17.9. The zero-order chi connectivity index (χ0) is 18.5. The van der Waals surface area contributed by atoms with Gasteiger partial charge in [0.1, 0.15) is 5.78 Å². The standard InChI is InChI=1S/C25H42O/c1-17(8-9-18(2)26)21-12-13-22-20-11-10-19-7-5-6-15-24(19,3)23(20)14-16-25(21,22)4/h17,19-23H,5-16H2,1-4H3/t17-,19?,20?,21-,22?,23?,24+,25-/m1/s1.